The molecule has 128 valence electrons. The van der Waals surface area contributed by atoms with Gasteiger partial charge in [0, 0.05) is 23.4 Å². The predicted octanol–water partition coefficient (Wildman–Crippen LogP) is 2.50. The van der Waals surface area contributed by atoms with Crippen LogP contribution in [0.1, 0.15) is 49.0 Å². The van der Waals surface area contributed by atoms with Crippen LogP contribution in [0.3, 0.4) is 0 Å². The number of benzene rings is 1. The summed E-state index contributed by atoms with van der Waals surface area (Å²) in [6, 6.07) is 7.36. The highest BCUT2D eigenvalue weighted by Gasteiger charge is 2.51. The van der Waals surface area contributed by atoms with Crippen LogP contribution in [-0.4, -0.2) is 0 Å². The summed E-state index contributed by atoms with van der Waals surface area (Å²) in [5, 5.41) is 0.770. The van der Waals surface area contributed by atoms with Gasteiger partial charge in [0.15, 0.2) is 9.58 Å². The molecule has 2 aromatic rings. The number of thiophene rings is 1. The van der Waals surface area contributed by atoms with Crippen molar-refractivity contribution in [1.82, 2.24) is 0 Å². The van der Waals surface area contributed by atoms with E-state index in [1.165, 1.54) is 0 Å². The van der Waals surface area contributed by atoms with Crippen LogP contribution >= 0.6 is 10.5 Å². The van der Waals surface area contributed by atoms with Crippen LogP contribution in [0.4, 0.5) is 13.2 Å². The third kappa shape index (κ3) is 4.67. The smallest absolute Gasteiger partial charge is 0.405 e. The quantitative estimate of drug-likeness (QED) is 0.711. The van der Waals surface area contributed by atoms with Crippen molar-refractivity contribution in [2.24, 2.45) is 0 Å². The van der Waals surface area contributed by atoms with Gasteiger partial charge in [0.05, 0.1) is 10.5 Å². The van der Waals surface area contributed by atoms with Gasteiger partial charge < -0.3 is 12.6 Å². The zero-order chi connectivity index (χ0) is 17.4. The lowest BCUT2D eigenvalue weighted by molar-refractivity contribution is -1.73. The molecular weight excluding hydrogens is 397 g/mol. The van der Waals surface area contributed by atoms with E-state index < -0.39 is 30.8 Å². The summed E-state index contributed by atoms with van der Waals surface area (Å²) in [6.45, 7) is 4.02. The number of fused-ring (bicyclic) bond motifs is 1. The van der Waals surface area contributed by atoms with Crippen LogP contribution in [0.15, 0.2) is 24.3 Å². The van der Waals surface area contributed by atoms with Gasteiger partial charge in [-0.05, 0) is 30.4 Å². The van der Waals surface area contributed by atoms with Crippen molar-refractivity contribution in [3.05, 3.63) is 34.7 Å². The van der Waals surface area contributed by atoms with Crippen LogP contribution in [0.25, 0.3) is 10.1 Å². The summed E-state index contributed by atoms with van der Waals surface area (Å²) in [7, 11) is -1.69. The Balaban J connectivity index is 0.000000433. The molecule has 1 atom stereocenters. The van der Waals surface area contributed by atoms with Crippen LogP contribution in [-0.2, 0) is 5.51 Å². The Labute approximate surface area is 140 Å². The van der Waals surface area contributed by atoms with Gasteiger partial charge in [0.25, 0.3) is 0 Å². The zero-order valence-electron chi connectivity index (χ0n) is 12.5. The number of rotatable bonds is 2. The third-order valence-electron chi connectivity index (χ3n) is 3.67. The van der Waals surface area contributed by atoms with E-state index in [1.807, 2.05) is 26.0 Å². The van der Waals surface area contributed by atoms with Crippen molar-refractivity contribution in [2.45, 2.75) is 44.0 Å². The second kappa shape index (κ2) is 7.06. The number of hydrogen-bond donors (Lipinski definition) is 0. The summed E-state index contributed by atoms with van der Waals surface area (Å²) in [6.07, 6.45) is 1.83. The van der Waals surface area contributed by atoms with Crippen molar-refractivity contribution >= 4 is 20.6 Å². The summed E-state index contributed by atoms with van der Waals surface area (Å²) < 4.78 is 66.2. The number of halogens is 4. The fourth-order valence-electron chi connectivity index (χ4n) is 2.46. The van der Waals surface area contributed by atoms with Gasteiger partial charge in [0.1, 0.15) is 0 Å². The normalized spacial score (nSPS) is 16.0. The molecule has 8 heteroatoms. The molecule has 0 bridgehead atoms. The first-order chi connectivity index (χ1) is 10.6. The molecule has 0 saturated heterocycles. The van der Waals surface area contributed by atoms with Gasteiger partial charge in [-0.1, -0.05) is 19.9 Å². The van der Waals surface area contributed by atoms with E-state index in [0.717, 1.165) is 23.8 Å². The second-order valence-electron chi connectivity index (χ2n) is 5.71. The molecule has 0 amide bonds. The Morgan fingerprint density at radius 3 is 2.13 bits per heavy atom. The van der Waals surface area contributed by atoms with E-state index in [-0.39, 0.29) is 11.8 Å². The lowest BCUT2D eigenvalue weighted by atomic mass is 10.0. The lowest BCUT2D eigenvalue weighted by Gasteiger charge is -2.04. The van der Waals surface area contributed by atoms with Crippen LogP contribution in [0, 0.1) is 14.8 Å². The first-order valence-electron chi connectivity index (χ1n) is 7.01. The first kappa shape index (κ1) is 18.7. The largest absolute Gasteiger partial charge is 0.600 e. The fraction of sp³-hybridized carbons (Fsp3) is 0.467. The minimum atomic E-state index is -4.14. The highest BCUT2D eigenvalue weighted by Crippen LogP contribution is 2.57. The van der Waals surface area contributed by atoms with Gasteiger partial charge in [0.2, 0.25) is 14.8 Å². The van der Waals surface area contributed by atoms with Gasteiger partial charge in [-0.2, -0.15) is 0 Å². The molecule has 3 rings (SSSR count). The molecular formula is C15H16BrF3O3S. The maximum absolute atomic E-state index is 13.4. The monoisotopic (exact) mass is 412 g/mol. The fourth-order valence-corrected chi connectivity index (χ4v) is 4.66. The zero-order valence-corrected chi connectivity index (χ0v) is 14.9. The average Bonchev–Trinajstić information content (AvgIpc) is 3.16. The molecule has 3 nitrogen and oxygen atoms in total. The molecule has 1 saturated carbocycles. The van der Waals surface area contributed by atoms with Crippen molar-refractivity contribution in [3.8, 4) is 0 Å². The average molecular weight is 413 g/mol. The van der Waals surface area contributed by atoms with Gasteiger partial charge in [-0.15, -0.1) is 13.2 Å². The molecule has 0 radical (unpaired) electrons. The van der Waals surface area contributed by atoms with E-state index in [4.69, 9.17) is 12.6 Å². The van der Waals surface area contributed by atoms with Crippen molar-refractivity contribution in [2.75, 3.05) is 0 Å². The Kier molecular flexibility index (Phi) is 5.73. The highest BCUT2D eigenvalue weighted by atomic mass is 80.0. The molecule has 0 aliphatic heterocycles. The van der Waals surface area contributed by atoms with Crippen LogP contribution in [0.5, 0.6) is 0 Å². The van der Waals surface area contributed by atoms with Crippen LogP contribution in [0.2, 0.25) is 0 Å². The maximum Gasteiger partial charge on any atom is 0.600 e. The molecule has 1 unspecified atom stereocenters. The van der Waals surface area contributed by atoms with E-state index in [0.29, 0.717) is 9.58 Å². The van der Waals surface area contributed by atoms with E-state index in [2.05, 4.69) is 0 Å². The van der Waals surface area contributed by atoms with E-state index in [1.54, 1.807) is 12.1 Å². The second-order valence-corrected chi connectivity index (χ2v) is 8.49. The van der Waals surface area contributed by atoms with Crippen molar-refractivity contribution in [3.63, 3.8) is 0 Å². The molecule has 1 aromatic heterocycles. The number of hydrogen-bond acceptors (Lipinski definition) is 3. The van der Waals surface area contributed by atoms with Gasteiger partial charge in [-0.25, -0.2) is 0 Å². The van der Waals surface area contributed by atoms with Gasteiger partial charge in [-0.3, -0.25) is 0 Å². The summed E-state index contributed by atoms with van der Waals surface area (Å²) in [5.74, 6) is 0.425. The maximum atomic E-state index is 13.4. The molecule has 1 heterocycles. The Morgan fingerprint density at radius 2 is 1.70 bits per heavy atom. The SMILES string of the molecule is CC(C)c1ccc2cc(C3CC3)[s+](C(F)(F)F)c2c1.[O-][Br+2]([O-])[O-]. The Morgan fingerprint density at radius 1 is 1.13 bits per heavy atom. The molecule has 1 aliphatic rings. The molecule has 23 heavy (non-hydrogen) atoms. The standard InChI is InChI=1S/C15H16F3S.BrO3/c1-9(2)11-5-6-12-8-13(10-3-4-10)19(14(12)7-11)15(16,17)18;2-1(3)4/h5-10H,3-4H2,1-2H3;/q+1;-1. The molecule has 0 N–H and O–H groups in total. The number of alkyl halides is 3. The van der Waals surface area contributed by atoms with E-state index >= 15 is 0 Å². The van der Waals surface area contributed by atoms with Crippen molar-refractivity contribution < 1.29 is 40.6 Å². The minimum Gasteiger partial charge on any atom is -0.405 e. The highest BCUT2D eigenvalue weighted by molar-refractivity contribution is 7.38. The summed E-state index contributed by atoms with van der Waals surface area (Å²) >= 11 is -3.65. The van der Waals surface area contributed by atoms with Crippen LogP contribution < -0.4 is 12.6 Å². The molecule has 0 spiro atoms. The first-order valence-corrected chi connectivity index (χ1v) is 10.2. The Bertz CT molecular complexity index is 676. The lowest BCUT2D eigenvalue weighted by Crippen LogP contribution is -2.42. The van der Waals surface area contributed by atoms with Gasteiger partial charge >= 0.3 is 5.51 Å². The van der Waals surface area contributed by atoms with Crippen molar-refractivity contribution in [1.29, 1.82) is 0 Å². The molecule has 1 fully saturated rings. The Hall–Kier alpha value is -0.670. The summed E-state index contributed by atoms with van der Waals surface area (Å²) in [4.78, 5) is 0.614. The molecule has 1 aromatic carbocycles. The molecule has 1 aliphatic carbocycles. The van der Waals surface area contributed by atoms with E-state index in [9.17, 15) is 13.2 Å². The summed E-state index contributed by atoms with van der Waals surface area (Å²) in [5.41, 5.74) is -3.15. The topological polar surface area (TPSA) is 69.2 Å². The minimum absolute atomic E-state index is 0.167. The third-order valence-corrected chi connectivity index (χ3v) is 5.85. The predicted molar refractivity (Wildman–Crippen MR) is 73.8 cm³/mol.